The van der Waals surface area contributed by atoms with Crippen LogP contribution in [0.5, 0.6) is 0 Å². The lowest BCUT2D eigenvalue weighted by atomic mass is 9.82. The summed E-state index contributed by atoms with van der Waals surface area (Å²) in [6, 6.07) is 2.03. The van der Waals surface area contributed by atoms with Crippen LogP contribution in [0.2, 0.25) is 0 Å². The molecule has 1 fully saturated rings. The van der Waals surface area contributed by atoms with Crippen LogP contribution < -0.4 is 0 Å². The molecular weight excluding hydrogens is 212 g/mol. The summed E-state index contributed by atoms with van der Waals surface area (Å²) in [7, 11) is 0. The zero-order valence-electron chi connectivity index (χ0n) is 8.91. The lowest BCUT2D eigenvalue weighted by Gasteiger charge is -2.38. The Balaban J connectivity index is 2.30. The molecule has 0 saturated carbocycles. The van der Waals surface area contributed by atoms with Crippen molar-refractivity contribution in [3.05, 3.63) is 21.9 Å². The fourth-order valence-corrected chi connectivity index (χ4v) is 2.87. The van der Waals surface area contributed by atoms with E-state index in [0.717, 1.165) is 10.4 Å². The van der Waals surface area contributed by atoms with E-state index in [2.05, 4.69) is 0 Å². The Morgan fingerprint density at radius 1 is 1.67 bits per heavy atom. The molecule has 0 aromatic carbocycles. The Bertz CT molecular complexity index is 366. The number of aryl methyl sites for hydroxylation is 1. The van der Waals surface area contributed by atoms with Gasteiger partial charge in [-0.05, 0) is 30.9 Å². The minimum atomic E-state index is -0.520. The minimum Gasteiger partial charge on any atom is -0.465 e. The first-order valence-electron chi connectivity index (χ1n) is 5.00. The van der Waals surface area contributed by atoms with Gasteiger partial charge < -0.3 is 9.47 Å². The van der Waals surface area contributed by atoms with Crippen LogP contribution in [0.25, 0.3) is 0 Å². The number of thiophene rings is 1. The van der Waals surface area contributed by atoms with E-state index < -0.39 is 5.41 Å². The average Bonchev–Trinajstić information content (AvgIpc) is 2.51. The molecule has 0 bridgehead atoms. The second kappa shape index (κ2) is 3.94. The fraction of sp³-hybridized carbons (Fsp3) is 0.545. The molecule has 0 N–H and O–H groups in total. The van der Waals surface area contributed by atoms with Gasteiger partial charge in [0.05, 0.1) is 19.8 Å². The number of ether oxygens (including phenoxy) is 2. The van der Waals surface area contributed by atoms with E-state index in [0.29, 0.717) is 19.8 Å². The molecule has 4 heteroatoms. The van der Waals surface area contributed by atoms with Gasteiger partial charge >= 0.3 is 5.97 Å². The molecule has 0 amide bonds. The van der Waals surface area contributed by atoms with E-state index in [1.54, 1.807) is 11.3 Å². The second-order valence-corrected chi connectivity index (χ2v) is 4.64. The Morgan fingerprint density at radius 3 is 2.80 bits per heavy atom. The fourth-order valence-electron chi connectivity index (χ4n) is 1.78. The largest absolute Gasteiger partial charge is 0.465 e. The molecule has 15 heavy (non-hydrogen) atoms. The third-order valence-electron chi connectivity index (χ3n) is 2.66. The lowest BCUT2D eigenvalue weighted by molar-refractivity contribution is -0.168. The van der Waals surface area contributed by atoms with E-state index >= 15 is 0 Å². The zero-order chi connectivity index (χ0) is 10.9. The molecule has 0 aliphatic carbocycles. The van der Waals surface area contributed by atoms with Crippen LogP contribution in [-0.2, 0) is 19.7 Å². The number of rotatable bonds is 3. The van der Waals surface area contributed by atoms with Gasteiger partial charge in [-0.25, -0.2) is 0 Å². The molecule has 1 aromatic heterocycles. The molecule has 3 nitrogen and oxygen atoms in total. The number of hydrogen-bond acceptors (Lipinski definition) is 4. The van der Waals surface area contributed by atoms with Crippen molar-refractivity contribution < 1.29 is 14.3 Å². The highest BCUT2D eigenvalue weighted by atomic mass is 32.1. The van der Waals surface area contributed by atoms with Crippen molar-refractivity contribution >= 4 is 17.3 Å². The second-order valence-electron chi connectivity index (χ2n) is 3.73. The Labute approximate surface area is 93.0 Å². The quantitative estimate of drug-likeness (QED) is 0.738. The van der Waals surface area contributed by atoms with Gasteiger partial charge in [0, 0.05) is 4.88 Å². The summed E-state index contributed by atoms with van der Waals surface area (Å²) in [5.41, 5.74) is 0.630. The van der Waals surface area contributed by atoms with Gasteiger partial charge in [-0.15, -0.1) is 11.3 Å². The van der Waals surface area contributed by atoms with Crippen LogP contribution in [-0.4, -0.2) is 25.8 Å². The van der Waals surface area contributed by atoms with Crippen molar-refractivity contribution in [2.75, 3.05) is 19.8 Å². The maximum Gasteiger partial charge on any atom is 0.322 e. The average molecular weight is 226 g/mol. The first kappa shape index (κ1) is 10.6. The molecule has 0 spiro atoms. The third kappa shape index (κ3) is 1.58. The van der Waals surface area contributed by atoms with Crippen molar-refractivity contribution in [2.24, 2.45) is 0 Å². The third-order valence-corrected chi connectivity index (χ3v) is 3.88. The first-order chi connectivity index (χ1) is 7.20. The smallest absolute Gasteiger partial charge is 0.322 e. The van der Waals surface area contributed by atoms with Crippen molar-refractivity contribution in [3.63, 3.8) is 0 Å². The van der Waals surface area contributed by atoms with E-state index in [9.17, 15) is 4.79 Å². The van der Waals surface area contributed by atoms with Crippen molar-refractivity contribution in [2.45, 2.75) is 19.3 Å². The summed E-state index contributed by atoms with van der Waals surface area (Å²) in [6.07, 6.45) is 0. The van der Waals surface area contributed by atoms with Gasteiger partial charge in [0.2, 0.25) is 0 Å². The maximum absolute atomic E-state index is 11.9. The molecule has 2 rings (SSSR count). The van der Waals surface area contributed by atoms with E-state index in [1.165, 1.54) is 0 Å². The molecule has 82 valence electrons. The predicted octanol–water partition coefficient (Wildman–Crippen LogP) is 1.89. The Hall–Kier alpha value is -0.870. The van der Waals surface area contributed by atoms with Gasteiger partial charge in [0.25, 0.3) is 0 Å². The summed E-state index contributed by atoms with van der Waals surface area (Å²) >= 11 is 1.61. The number of hydrogen-bond donors (Lipinski definition) is 0. The van der Waals surface area contributed by atoms with Gasteiger partial charge in [-0.2, -0.15) is 0 Å². The molecule has 0 atom stereocenters. The van der Waals surface area contributed by atoms with Crippen molar-refractivity contribution in [3.8, 4) is 0 Å². The Morgan fingerprint density at radius 2 is 2.40 bits per heavy atom. The standard InChI is InChI=1S/C11H14O3S/c1-3-14-10(12)11(6-13-7-11)9-8(2)4-5-15-9/h4-5H,3,6-7H2,1-2H3. The normalized spacial score (nSPS) is 18.3. The number of esters is 1. The van der Waals surface area contributed by atoms with Crippen molar-refractivity contribution in [1.82, 2.24) is 0 Å². The molecule has 1 aliphatic rings. The van der Waals surface area contributed by atoms with Gasteiger partial charge in [0.1, 0.15) is 5.41 Å². The van der Waals surface area contributed by atoms with E-state index in [-0.39, 0.29) is 5.97 Å². The van der Waals surface area contributed by atoms with Gasteiger partial charge in [0.15, 0.2) is 0 Å². The highest BCUT2D eigenvalue weighted by molar-refractivity contribution is 7.10. The van der Waals surface area contributed by atoms with Crippen LogP contribution in [0.3, 0.4) is 0 Å². The zero-order valence-corrected chi connectivity index (χ0v) is 9.73. The van der Waals surface area contributed by atoms with E-state index in [1.807, 2.05) is 25.3 Å². The molecule has 0 radical (unpaired) electrons. The van der Waals surface area contributed by atoms with E-state index in [4.69, 9.17) is 9.47 Å². The van der Waals surface area contributed by atoms with Crippen LogP contribution in [0.15, 0.2) is 11.4 Å². The number of carbonyl (C=O) groups excluding carboxylic acids is 1. The molecule has 1 saturated heterocycles. The lowest BCUT2D eigenvalue weighted by Crippen LogP contribution is -2.53. The summed E-state index contributed by atoms with van der Waals surface area (Å²) in [6.45, 7) is 5.17. The highest BCUT2D eigenvalue weighted by Crippen LogP contribution is 2.38. The Kier molecular flexibility index (Phi) is 2.80. The van der Waals surface area contributed by atoms with Crippen LogP contribution >= 0.6 is 11.3 Å². The number of carbonyl (C=O) groups is 1. The monoisotopic (exact) mass is 226 g/mol. The summed E-state index contributed by atoms with van der Waals surface area (Å²) in [4.78, 5) is 13.0. The van der Waals surface area contributed by atoms with Crippen LogP contribution in [0.1, 0.15) is 17.4 Å². The molecule has 2 heterocycles. The molecule has 1 aliphatic heterocycles. The van der Waals surface area contributed by atoms with Gasteiger partial charge in [-0.3, -0.25) is 4.79 Å². The summed E-state index contributed by atoms with van der Waals surface area (Å²) in [5, 5.41) is 2.00. The SMILES string of the molecule is CCOC(=O)C1(c2sccc2C)COC1. The molecular formula is C11H14O3S. The van der Waals surface area contributed by atoms with Crippen molar-refractivity contribution in [1.29, 1.82) is 0 Å². The van der Waals surface area contributed by atoms with Crippen LogP contribution in [0, 0.1) is 6.92 Å². The maximum atomic E-state index is 11.9. The summed E-state index contributed by atoms with van der Waals surface area (Å²) in [5.74, 6) is -0.151. The molecule has 1 aromatic rings. The summed E-state index contributed by atoms with van der Waals surface area (Å²) < 4.78 is 10.3. The van der Waals surface area contributed by atoms with Crippen LogP contribution in [0.4, 0.5) is 0 Å². The minimum absolute atomic E-state index is 0.151. The predicted molar refractivity (Wildman–Crippen MR) is 58.2 cm³/mol. The topological polar surface area (TPSA) is 35.5 Å². The van der Waals surface area contributed by atoms with Gasteiger partial charge in [-0.1, -0.05) is 0 Å². The first-order valence-corrected chi connectivity index (χ1v) is 5.88. The molecule has 0 unspecified atom stereocenters. The highest BCUT2D eigenvalue weighted by Gasteiger charge is 2.50.